The molecule has 4 fully saturated rings. The van der Waals surface area contributed by atoms with E-state index in [0.29, 0.717) is 5.92 Å². The molecule has 5 aliphatic rings. The normalized spacial score (nSPS) is 21.4. The Bertz CT molecular complexity index is 2250. The van der Waals surface area contributed by atoms with Crippen molar-refractivity contribution < 1.29 is 0 Å². The summed E-state index contributed by atoms with van der Waals surface area (Å²) in [5, 5.41) is 0. The lowest BCUT2D eigenvalue weighted by Gasteiger charge is -2.42. The van der Waals surface area contributed by atoms with Crippen molar-refractivity contribution in [1.82, 2.24) is 0 Å². The van der Waals surface area contributed by atoms with E-state index in [4.69, 9.17) is 0 Å². The zero-order valence-corrected chi connectivity index (χ0v) is 32.1. The van der Waals surface area contributed by atoms with E-state index in [9.17, 15) is 0 Å². The average molecular weight is 704 g/mol. The molecule has 1 heteroatoms. The Morgan fingerprint density at radius 3 is 1.76 bits per heavy atom. The minimum absolute atomic E-state index is 0.124. The first-order valence-electron chi connectivity index (χ1n) is 21.0. The zero-order valence-electron chi connectivity index (χ0n) is 32.1. The van der Waals surface area contributed by atoms with Crippen LogP contribution in [0.2, 0.25) is 0 Å². The van der Waals surface area contributed by atoms with Crippen LogP contribution in [0.25, 0.3) is 33.4 Å². The third-order valence-corrected chi connectivity index (χ3v) is 14.1. The van der Waals surface area contributed by atoms with Gasteiger partial charge < -0.3 is 4.90 Å². The largest absolute Gasteiger partial charge is 0.310 e. The fraction of sp³-hybridized carbons (Fsp3) is 0.321. The lowest BCUT2D eigenvalue weighted by Crippen LogP contribution is -2.29. The Hall–Kier alpha value is -4.88. The molecule has 2 bridgehead atoms. The molecule has 0 N–H and O–H groups in total. The monoisotopic (exact) mass is 703 g/mol. The highest BCUT2D eigenvalue weighted by atomic mass is 15.1. The number of hydrogen-bond donors (Lipinski definition) is 0. The third-order valence-electron chi connectivity index (χ3n) is 14.1. The molecule has 6 aromatic carbocycles. The molecule has 0 saturated heterocycles. The van der Waals surface area contributed by atoms with Crippen LogP contribution in [0.3, 0.4) is 0 Å². The first-order chi connectivity index (χ1) is 26.5. The van der Waals surface area contributed by atoms with Gasteiger partial charge in [0.05, 0.1) is 0 Å². The fourth-order valence-electron chi connectivity index (χ4n) is 11.1. The van der Waals surface area contributed by atoms with Crippen molar-refractivity contribution in [3.05, 3.63) is 162 Å². The predicted molar refractivity (Wildman–Crippen MR) is 228 cm³/mol. The van der Waals surface area contributed by atoms with Crippen LogP contribution in [-0.4, -0.2) is 0 Å². The van der Waals surface area contributed by atoms with Gasteiger partial charge in [-0.1, -0.05) is 149 Å². The molecule has 4 saturated carbocycles. The Balaban J connectivity index is 1.12. The van der Waals surface area contributed by atoms with E-state index in [0.717, 1.165) is 17.8 Å². The number of nitrogens with zero attached hydrogens (tertiary/aromatic N) is 1. The van der Waals surface area contributed by atoms with Gasteiger partial charge in [0.25, 0.3) is 0 Å². The van der Waals surface area contributed by atoms with Crippen LogP contribution in [0.5, 0.6) is 0 Å². The Kier molecular flexibility index (Phi) is 8.58. The van der Waals surface area contributed by atoms with Crippen LogP contribution in [0, 0.1) is 11.8 Å². The molecule has 1 unspecified atom stereocenters. The van der Waals surface area contributed by atoms with Gasteiger partial charge in [0.15, 0.2) is 0 Å². The summed E-state index contributed by atoms with van der Waals surface area (Å²) in [6.45, 7) is 4.83. The fourth-order valence-corrected chi connectivity index (χ4v) is 11.1. The Labute approximate surface area is 323 Å². The summed E-state index contributed by atoms with van der Waals surface area (Å²) in [6.07, 6.45) is 13.8. The van der Waals surface area contributed by atoms with E-state index in [2.05, 4.69) is 158 Å². The molecule has 1 atom stereocenters. The smallest absolute Gasteiger partial charge is 0.0471 e. The first-order valence-corrected chi connectivity index (χ1v) is 21.0. The second-order valence-corrected chi connectivity index (χ2v) is 17.5. The molecule has 270 valence electrons. The van der Waals surface area contributed by atoms with E-state index in [1.165, 1.54) is 131 Å². The third kappa shape index (κ3) is 5.92. The first kappa shape index (κ1) is 33.7. The predicted octanol–water partition coefficient (Wildman–Crippen LogP) is 15.1. The summed E-state index contributed by atoms with van der Waals surface area (Å²) in [5.74, 6) is 3.20. The summed E-state index contributed by atoms with van der Waals surface area (Å²) < 4.78 is 0. The van der Waals surface area contributed by atoms with Crippen molar-refractivity contribution in [2.24, 2.45) is 11.8 Å². The number of hydrogen-bond acceptors (Lipinski definition) is 1. The number of benzene rings is 6. The Morgan fingerprint density at radius 1 is 0.481 bits per heavy atom. The van der Waals surface area contributed by atoms with E-state index < -0.39 is 0 Å². The quantitative estimate of drug-likeness (QED) is 0.160. The molecular weight excluding hydrogens is 651 g/mol. The summed E-state index contributed by atoms with van der Waals surface area (Å²) in [7, 11) is 0. The van der Waals surface area contributed by atoms with E-state index in [1.54, 1.807) is 5.56 Å². The van der Waals surface area contributed by atoms with Gasteiger partial charge in [0.1, 0.15) is 0 Å². The number of fused-ring (bicyclic) bond motifs is 6. The average Bonchev–Trinajstić information content (AvgIpc) is 3.48. The maximum atomic E-state index is 2.54. The highest BCUT2D eigenvalue weighted by Gasteiger charge is 2.39. The highest BCUT2D eigenvalue weighted by Crippen LogP contribution is 2.55. The van der Waals surface area contributed by atoms with E-state index >= 15 is 0 Å². The van der Waals surface area contributed by atoms with Gasteiger partial charge in [-0.2, -0.15) is 0 Å². The summed E-state index contributed by atoms with van der Waals surface area (Å²) in [4.78, 5) is 2.54. The second kappa shape index (κ2) is 13.8. The van der Waals surface area contributed by atoms with E-state index in [1.807, 2.05) is 0 Å². The molecule has 11 rings (SSSR count). The van der Waals surface area contributed by atoms with Crippen LogP contribution in [0.1, 0.15) is 112 Å². The van der Waals surface area contributed by atoms with Gasteiger partial charge in [-0.25, -0.2) is 0 Å². The lowest BCUT2D eigenvalue weighted by molar-refractivity contribution is 0.145. The van der Waals surface area contributed by atoms with Crippen LogP contribution < -0.4 is 4.90 Å². The number of anilines is 3. The molecule has 6 aromatic rings. The molecule has 0 radical (unpaired) electrons. The summed E-state index contributed by atoms with van der Waals surface area (Å²) in [6, 6.07) is 53.6. The van der Waals surface area contributed by atoms with Crippen LogP contribution in [-0.2, 0) is 5.41 Å². The molecule has 0 amide bonds. The molecule has 0 spiro atoms. The molecule has 5 aliphatic carbocycles. The number of rotatable bonds is 7. The van der Waals surface area contributed by atoms with Crippen LogP contribution in [0.4, 0.5) is 17.1 Å². The second-order valence-electron chi connectivity index (χ2n) is 17.5. The minimum Gasteiger partial charge on any atom is -0.310 e. The minimum atomic E-state index is -0.124. The molecule has 0 aromatic heterocycles. The summed E-state index contributed by atoms with van der Waals surface area (Å²) in [5.41, 5.74) is 17.2. The van der Waals surface area contributed by atoms with Gasteiger partial charge in [-0.05, 0) is 148 Å². The van der Waals surface area contributed by atoms with Crippen molar-refractivity contribution in [3.8, 4) is 33.4 Å². The SMILES string of the molecule is CC1(C)c2ccccc2-c2c(-c3ccc(-c4ccccc4)cc3)cc(N(c3ccc(C4CCCCC4)cc3)c3ccc(C4CC5CCC4CC5)cc3)cc21. The van der Waals surface area contributed by atoms with Crippen molar-refractivity contribution in [2.75, 3.05) is 4.90 Å². The van der Waals surface area contributed by atoms with Crippen molar-refractivity contribution in [1.29, 1.82) is 0 Å². The Morgan fingerprint density at radius 2 is 1.09 bits per heavy atom. The summed E-state index contributed by atoms with van der Waals surface area (Å²) >= 11 is 0. The maximum absolute atomic E-state index is 2.54. The van der Waals surface area contributed by atoms with Crippen LogP contribution in [0.15, 0.2) is 140 Å². The topological polar surface area (TPSA) is 3.24 Å². The zero-order chi connectivity index (χ0) is 36.2. The van der Waals surface area contributed by atoms with Crippen molar-refractivity contribution >= 4 is 17.1 Å². The standard InChI is InChI=1S/C53H53N/c1-53(2)50-16-10-9-15-47(50)52-49(43-23-21-39(22-24-43)37-11-5-3-6-12-37)34-46(35-51(52)53)54(44-29-25-40(26-30-44)38-13-7-4-8-14-38)45-31-27-42(28-32-45)48-33-36-17-19-41(48)20-18-36/h3,5-6,9-12,15-16,21-32,34-36,38,41,48H,4,7-8,13-14,17-20,33H2,1-2H3. The van der Waals surface area contributed by atoms with Crippen molar-refractivity contribution in [2.45, 2.75) is 95.3 Å². The molecule has 1 nitrogen and oxygen atoms in total. The van der Waals surface area contributed by atoms with Gasteiger partial charge in [-0.15, -0.1) is 0 Å². The van der Waals surface area contributed by atoms with E-state index in [-0.39, 0.29) is 5.41 Å². The van der Waals surface area contributed by atoms with Crippen LogP contribution >= 0.6 is 0 Å². The molecular formula is C53H53N. The van der Waals surface area contributed by atoms with Gasteiger partial charge >= 0.3 is 0 Å². The lowest BCUT2D eigenvalue weighted by atomic mass is 9.63. The van der Waals surface area contributed by atoms with Gasteiger partial charge in [-0.3, -0.25) is 0 Å². The molecule has 0 heterocycles. The maximum Gasteiger partial charge on any atom is 0.0471 e. The van der Waals surface area contributed by atoms with Gasteiger partial charge in [0.2, 0.25) is 0 Å². The molecule has 54 heavy (non-hydrogen) atoms. The highest BCUT2D eigenvalue weighted by molar-refractivity contribution is 5.96. The van der Waals surface area contributed by atoms with Gasteiger partial charge in [0, 0.05) is 22.5 Å². The van der Waals surface area contributed by atoms with Crippen molar-refractivity contribution in [3.63, 3.8) is 0 Å². The molecule has 0 aliphatic heterocycles.